The summed E-state index contributed by atoms with van der Waals surface area (Å²) in [5.74, 6) is 0.647. The molecule has 127 valence electrons. The second-order valence-corrected chi connectivity index (χ2v) is 13.4. The zero-order valence-corrected chi connectivity index (χ0v) is 20.2. The Labute approximate surface area is 173 Å². The summed E-state index contributed by atoms with van der Waals surface area (Å²) in [5, 5.41) is 0. The Kier molecular flexibility index (Phi) is 10.8. The topological polar surface area (TPSA) is 36.9 Å². The predicted octanol–water partition coefficient (Wildman–Crippen LogP) is 3.47. The summed E-state index contributed by atoms with van der Waals surface area (Å²) in [6.07, 6.45) is -0.0258. The van der Waals surface area contributed by atoms with Crippen LogP contribution in [-0.2, 0) is 14.7 Å². The van der Waals surface area contributed by atoms with Crippen molar-refractivity contribution in [3.63, 3.8) is 0 Å². The van der Waals surface area contributed by atoms with Crippen molar-refractivity contribution in [2.75, 3.05) is 5.94 Å². The van der Waals surface area contributed by atoms with Crippen molar-refractivity contribution in [1.82, 2.24) is 0 Å². The van der Waals surface area contributed by atoms with Crippen LogP contribution in [0.2, 0.25) is 0 Å². The van der Waals surface area contributed by atoms with Crippen molar-refractivity contribution >= 4 is 37.8 Å². The van der Waals surface area contributed by atoms with Gasteiger partial charge >= 0.3 is 175 Å². The standard InChI is InChI=1S/C13H27BO4PS2.Ce/c1-8(2)19(15)18-10-9(3)17-12(14)11(10)16-7-20-21-13(4,5)6;/h8-12H,7,14H2,1-6H3;/q-1;+1/t9-,10?,11+,12-,19?;/m1./s1. The van der Waals surface area contributed by atoms with E-state index in [9.17, 15) is 0 Å². The summed E-state index contributed by atoms with van der Waals surface area (Å²) in [6.45, 7) is 13.0. The van der Waals surface area contributed by atoms with Gasteiger partial charge in [0, 0.05) is 0 Å². The van der Waals surface area contributed by atoms with E-state index in [1.54, 1.807) is 10.8 Å². The summed E-state index contributed by atoms with van der Waals surface area (Å²) in [7, 11) is 4.80. The molecule has 1 heterocycles. The molecule has 0 saturated carbocycles. The van der Waals surface area contributed by atoms with Crippen LogP contribution < -0.4 is 0 Å². The van der Waals surface area contributed by atoms with Crippen LogP contribution in [0.1, 0.15) is 41.5 Å². The third-order valence-corrected chi connectivity index (χ3v) is 9.20. The van der Waals surface area contributed by atoms with Crippen LogP contribution in [0.4, 0.5) is 0 Å². The van der Waals surface area contributed by atoms with Gasteiger partial charge in [0.15, 0.2) is 0 Å². The van der Waals surface area contributed by atoms with Crippen molar-refractivity contribution in [1.29, 1.82) is 0 Å². The van der Waals surface area contributed by atoms with E-state index in [2.05, 4.69) is 49.4 Å². The minimum atomic E-state index is -0.848. The molecule has 0 radical (unpaired) electrons. The van der Waals surface area contributed by atoms with Gasteiger partial charge < -0.3 is 0 Å². The first kappa shape index (κ1) is 22.5. The Hall–Kier alpha value is 2.41. The first-order valence-electron chi connectivity index (χ1n) is 7.53. The Morgan fingerprint density at radius 3 is 2.45 bits per heavy atom. The van der Waals surface area contributed by atoms with E-state index < -0.39 is 8.38 Å². The van der Waals surface area contributed by atoms with Crippen molar-refractivity contribution in [2.45, 2.75) is 76.3 Å². The Morgan fingerprint density at radius 1 is 1.32 bits per heavy atom. The maximum absolute atomic E-state index is 6.23. The summed E-state index contributed by atoms with van der Waals surface area (Å²) in [4.78, 5) is 0. The fourth-order valence-electron chi connectivity index (χ4n) is 2.08. The molecule has 1 aliphatic rings. The number of hydrogen-bond acceptors (Lipinski definition) is 6. The maximum atomic E-state index is 6.23. The summed E-state index contributed by atoms with van der Waals surface area (Å²) >= 11 is 0.695. The molecule has 0 N–H and O–H groups in total. The normalized spacial score (nSPS) is 30.8. The SMILES string of the molecule is B[C@@H]1O[C@H](C)C(OP([O][Ce])C(C)C)[C@@H]1OCSSC(C)(C)C. The van der Waals surface area contributed by atoms with Crippen molar-refractivity contribution in [2.24, 2.45) is 0 Å². The molecular weight excluding hydrogens is 466 g/mol. The predicted molar refractivity (Wildman–Crippen MR) is 95.6 cm³/mol. The van der Waals surface area contributed by atoms with Gasteiger partial charge in [-0.1, -0.05) is 0 Å². The molecule has 0 spiro atoms. The van der Waals surface area contributed by atoms with Gasteiger partial charge in [0.05, 0.1) is 0 Å². The fourth-order valence-corrected chi connectivity index (χ4v) is 7.49. The first-order valence-corrected chi connectivity index (χ1v) is 12.4. The van der Waals surface area contributed by atoms with Gasteiger partial charge in [-0.2, -0.15) is 0 Å². The minimum absolute atomic E-state index is 0.0244. The first-order chi connectivity index (χ1) is 10.2. The molecule has 0 aliphatic carbocycles. The third kappa shape index (κ3) is 7.75. The molecule has 0 aromatic heterocycles. The Morgan fingerprint density at radius 2 is 1.95 bits per heavy atom. The molecule has 1 aliphatic heterocycles. The number of hydrogen-bond donors (Lipinski definition) is 0. The van der Waals surface area contributed by atoms with Crippen LogP contribution in [0.3, 0.4) is 0 Å². The average molecular weight is 493 g/mol. The van der Waals surface area contributed by atoms with Crippen LogP contribution in [0.5, 0.6) is 0 Å². The van der Waals surface area contributed by atoms with E-state index in [1.807, 2.05) is 10.8 Å². The average Bonchev–Trinajstić information content (AvgIpc) is 2.64. The molecule has 0 aromatic carbocycles. The zero-order chi connectivity index (χ0) is 16.9. The second kappa shape index (κ2) is 10.5. The second-order valence-electron chi connectivity index (χ2n) is 6.65. The molecule has 0 bridgehead atoms. The van der Waals surface area contributed by atoms with Gasteiger partial charge in [-0.05, 0) is 0 Å². The summed E-state index contributed by atoms with van der Waals surface area (Å²) < 4.78 is 24.1. The molecule has 1 saturated heterocycles. The molecule has 4 nitrogen and oxygen atoms in total. The molecular formula is C13H27BCeO4PS2. The quantitative estimate of drug-likeness (QED) is 0.170. The van der Waals surface area contributed by atoms with Crippen LogP contribution in [-0.4, -0.2) is 48.5 Å². The van der Waals surface area contributed by atoms with Crippen LogP contribution in [0, 0.1) is 40.2 Å². The van der Waals surface area contributed by atoms with Crippen LogP contribution >= 0.6 is 30.0 Å². The molecule has 0 aromatic rings. The Balaban J connectivity index is 2.53. The fraction of sp³-hybridized carbons (Fsp3) is 1.00. The van der Waals surface area contributed by atoms with E-state index in [4.69, 9.17) is 14.7 Å². The molecule has 0 amide bonds. The number of rotatable bonds is 8. The van der Waals surface area contributed by atoms with Gasteiger partial charge in [0.2, 0.25) is 0 Å². The van der Waals surface area contributed by atoms with Crippen molar-refractivity contribution < 1.29 is 55.0 Å². The molecule has 22 heavy (non-hydrogen) atoms. The Bertz CT molecular complexity index is 336. The monoisotopic (exact) mass is 493 g/mol. The van der Waals surface area contributed by atoms with E-state index >= 15 is 0 Å². The zero-order valence-electron chi connectivity index (χ0n) is 14.5. The summed E-state index contributed by atoms with van der Waals surface area (Å²) in [5.41, 5.74) is 0.391. The van der Waals surface area contributed by atoms with Gasteiger partial charge in [0.25, 0.3) is 0 Å². The van der Waals surface area contributed by atoms with Gasteiger partial charge in [-0.3, -0.25) is 0 Å². The van der Waals surface area contributed by atoms with Gasteiger partial charge in [-0.15, -0.1) is 0 Å². The van der Waals surface area contributed by atoms with E-state index in [0.717, 1.165) is 0 Å². The van der Waals surface area contributed by atoms with Crippen molar-refractivity contribution in [3.8, 4) is 0 Å². The van der Waals surface area contributed by atoms with E-state index in [0.29, 0.717) is 51.8 Å². The number of ether oxygens (including phenoxy) is 2. The summed E-state index contributed by atoms with van der Waals surface area (Å²) in [6, 6.07) is 0.0540. The van der Waals surface area contributed by atoms with Gasteiger partial charge in [0.1, 0.15) is 0 Å². The molecule has 9 heteroatoms. The van der Waals surface area contributed by atoms with Crippen LogP contribution in [0.25, 0.3) is 0 Å². The van der Waals surface area contributed by atoms with E-state index in [1.165, 1.54) is 0 Å². The molecule has 5 atom stereocenters. The van der Waals surface area contributed by atoms with E-state index in [-0.39, 0.29) is 29.1 Å². The molecule has 2 unspecified atom stereocenters. The molecule has 1 rings (SSSR count). The molecule has 1 fully saturated rings. The van der Waals surface area contributed by atoms with Gasteiger partial charge in [-0.25, -0.2) is 0 Å². The van der Waals surface area contributed by atoms with Crippen molar-refractivity contribution in [3.05, 3.63) is 0 Å². The third-order valence-electron chi connectivity index (χ3n) is 3.03. The van der Waals surface area contributed by atoms with Crippen LogP contribution in [0.15, 0.2) is 0 Å².